The summed E-state index contributed by atoms with van der Waals surface area (Å²) in [4.78, 5) is 22.1. The van der Waals surface area contributed by atoms with E-state index in [1.165, 1.54) is 6.07 Å². The molecule has 4 nitrogen and oxygen atoms in total. The Hall–Kier alpha value is -2.68. The quantitative estimate of drug-likeness (QED) is 0.664. The highest BCUT2D eigenvalue weighted by atomic mass is 19.3. The maximum absolute atomic E-state index is 11.9. The van der Waals surface area contributed by atoms with E-state index in [1.807, 2.05) is 0 Å². The SMILES string of the molecule is O=c1cc(CCc2ccc(C#CC(F)F)cc2)[nH][nH]c1=O. The molecule has 1 aromatic heterocycles. The minimum atomic E-state index is -2.64. The first-order valence-corrected chi connectivity index (χ1v) is 6.24. The molecule has 0 aliphatic carbocycles. The number of nitrogens with one attached hydrogen (secondary N) is 2. The summed E-state index contributed by atoms with van der Waals surface area (Å²) >= 11 is 0. The maximum atomic E-state index is 11.9. The highest BCUT2D eigenvalue weighted by Gasteiger charge is 2.00. The van der Waals surface area contributed by atoms with Crippen molar-refractivity contribution in [1.82, 2.24) is 10.2 Å². The van der Waals surface area contributed by atoms with Gasteiger partial charge in [0.25, 0.3) is 6.43 Å². The highest BCUT2D eigenvalue weighted by molar-refractivity contribution is 5.36. The first kappa shape index (κ1) is 14.7. The van der Waals surface area contributed by atoms with Crippen LogP contribution < -0.4 is 11.0 Å². The van der Waals surface area contributed by atoms with Crippen LogP contribution >= 0.6 is 0 Å². The second kappa shape index (κ2) is 6.66. The molecule has 0 atom stereocenters. The van der Waals surface area contributed by atoms with Gasteiger partial charge in [0.1, 0.15) is 0 Å². The van der Waals surface area contributed by atoms with Gasteiger partial charge >= 0.3 is 5.56 Å². The lowest BCUT2D eigenvalue weighted by molar-refractivity contribution is 0.215. The fourth-order valence-electron chi connectivity index (χ4n) is 1.76. The monoisotopic (exact) mass is 290 g/mol. The third-order valence-corrected chi connectivity index (χ3v) is 2.83. The van der Waals surface area contributed by atoms with Gasteiger partial charge in [-0.25, -0.2) is 0 Å². The van der Waals surface area contributed by atoms with Crippen molar-refractivity contribution in [2.24, 2.45) is 0 Å². The molecule has 0 radical (unpaired) electrons. The van der Waals surface area contributed by atoms with Crippen molar-refractivity contribution in [3.63, 3.8) is 0 Å². The molecule has 0 bridgehead atoms. The van der Waals surface area contributed by atoms with E-state index in [1.54, 1.807) is 30.2 Å². The number of alkyl halides is 2. The zero-order chi connectivity index (χ0) is 15.2. The van der Waals surface area contributed by atoms with Gasteiger partial charge in [0.15, 0.2) is 0 Å². The minimum absolute atomic E-state index is 0.525. The van der Waals surface area contributed by atoms with Crippen molar-refractivity contribution >= 4 is 0 Å². The standard InChI is InChI=1S/C15H12F2N2O2/c16-14(17)8-6-11-3-1-10(2-4-11)5-7-12-9-13(20)15(21)19-18-12/h1-4,9,14H,5,7H2,(H,18,20)(H,19,21). The van der Waals surface area contributed by atoms with Crippen molar-refractivity contribution in [3.05, 3.63) is 67.7 Å². The van der Waals surface area contributed by atoms with Gasteiger partial charge in [-0.15, -0.1) is 0 Å². The Labute approximate surface area is 118 Å². The Balaban J connectivity index is 2.01. The van der Waals surface area contributed by atoms with E-state index in [-0.39, 0.29) is 0 Å². The summed E-state index contributed by atoms with van der Waals surface area (Å²) in [6.45, 7) is 0. The van der Waals surface area contributed by atoms with Crippen molar-refractivity contribution in [2.45, 2.75) is 19.3 Å². The van der Waals surface area contributed by atoms with Crippen LogP contribution in [-0.4, -0.2) is 16.6 Å². The van der Waals surface area contributed by atoms with Gasteiger partial charge in [0, 0.05) is 17.3 Å². The van der Waals surface area contributed by atoms with Crippen LogP contribution in [0, 0.1) is 11.8 Å². The van der Waals surface area contributed by atoms with E-state index in [0.717, 1.165) is 5.56 Å². The van der Waals surface area contributed by atoms with Crippen LogP contribution in [0.1, 0.15) is 16.8 Å². The molecule has 0 amide bonds. The first-order valence-electron chi connectivity index (χ1n) is 6.24. The summed E-state index contributed by atoms with van der Waals surface area (Å²) in [6, 6.07) is 8.18. The predicted molar refractivity (Wildman–Crippen MR) is 74.4 cm³/mol. The Morgan fingerprint density at radius 2 is 1.76 bits per heavy atom. The molecule has 1 aromatic carbocycles. The van der Waals surface area contributed by atoms with E-state index in [0.29, 0.717) is 24.1 Å². The average Bonchev–Trinajstić information content (AvgIpc) is 2.47. The maximum Gasteiger partial charge on any atom is 0.310 e. The lowest BCUT2D eigenvalue weighted by atomic mass is 10.1. The van der Waals surface area contributed by atoms with Crippen LogP contribution in [0.5, 0.6) is 0 Å². The first-order chi connectivity index (χ1) is 10.0. The number of aromatic nitrogens is 2. The molecular weight excluding hydrogens is 278 g/mol. The van der Waals surface area contributed by atoms with Crippen molar-refractivity contribution < 1.29 is 8.78 Å². The summed E-state index contributed by atoms with van der Waals surface area (Å²) in [6.07, 6.45) is -1.44. The number of benzene rings is 1. The molecule has 2 aromatic rings. The molecule has 2 rings (SSSR count). The molecule has 1 heterocycles. The number of aromatic amines is 2. The minimum Gasteiger partial charge on any atom is -0.302 e. The van der Waals surface area contributed by atoms with Gasteiger partial charge < -0.3 is 5.10 Å². The highest BCUT2D eigenvalue weighted by Crippen LogP contribution is 2.06. The van der Waals surface area contributed by atoms with Crippen LogP contribution in [0.25, 0.3) is 0 Å². The molecule has 0 aliphatic rings. The summed E-state index contributed by atoms with van der Waals surface area (Å²) in [7, 11) is 0. The number of rotatable bonds is 3. The summed E-state index contributed by atoms with van der Waals surface area (Å²) in [5.41, 5.74) is 0.865. The number of aryl methyl sites for hydroxylation is 2. The third kappa shape index (κ3) is 4.42. The number of hydrogen-bond donors (Lipinski definition) is 2. The summed E-state index contributed by atoms with van der Waals surface area (Å²) < 4.78 is 23.9. The molecule has 0 saturated heterocycles. The van der Waals surface area contributed by atoms with E-state index < -0.39 is 17.4 Å². The summed E-state index contributed by atoms with van der Waals surface area (Å²) in [5.74, 6) is 4.17. The summed E-state index contributed by atoms with van der Waals surface area (Å²) in [5, 5.41) is 4.91. The molecule has 6 heteroatoms. The number of hydrogen-bond acceptors (Lipinski definition) is 2. The van der Waals surface area contributed by atoms with Crippen LogP contribution in [0.4, 0.5) is 8.78 Å². The van der Waals surface area contributed by atoms with Gasteiger partial charge in [-0.05, 0) is 36.5 Å². The topological polar surface area (TPSA) is 65.7 Å². The fraction of sp³-hybridized carbons (Fsp3) is 0.200. The molecule has 108 valence electrons. The van der Waals surface area contributed by atoms with Gasteiger partial charge in [0.05, 0.1) is 0 Å². The van der Waals surface area contributed by atoms with E-state index in [9.17, 15) is 18.4 Å². The predicted octanol–water partition coefficient (Wildman–Crippen LogP) is 1.46. The Morgan fingerprint density at radius 1 is 1.05 bits per heavy atom. The van der Waals surface area contributed by atoms with Crippen LogP contribution in [-0.2, 0) is 12.8 Å². The zero-order valence-electron chi connectivity index (χ0n) is 11.0. The number of H-pyrrole nitrogens is 2. The Kier molecular flexibility index (Phi) is 4.67. The Bertz CT molecular complexity index is 780. The van der Waals surface area contributed by atoms with Crippen molar-refractivity contribution in [2.75, 3.05) is 0 Å². The molecule has 21 heavy (non-hydrogen) atoms. The molecule has 0 fully saturated rings. The van der Waals surface area contributed by atoms with Crippen LogP contribution in [0.3, 0.4) is 0 Å². The molecule has 0 aliphatic heterocycles. The fourth-order valence-corrected chi connectivity index (χ4v) is 1.76. The van der Waals surface area contributed by atoms with Crippen molar-refractivity contribution in [3.8, 4) is 11.8 Å². The normalized spacial score (nSPS) is 10.2. The molecule has 0 unspecified atom stereocenters. The average molecular weight is 290 g/mol. The second-order valence-electron chi connectivity index (χ2n) is 4.38. The van der Waals surface area contributed by atoms with Gasteiger partial charge in [-0.2, -0.15) is 8.78 Å². The molecular formula is C15H12F2N2O2. The van der Waals surface area contributed by atoms with Crippen LogP contribution in [0.2, 0.25) is 0 Å². The van der Waals surface area contributed by atoms with Crippen LogP contribution in [0.15, 0.2) is 39.9 Å². The van der Waals surface area contributed by atoms with Crippen molar-refractivity contribution in [1.29, 1.82) is 0 Å². The van der Waals surface area contributed by atoms with Gasteiger partial charge in [-0.1, -0.05) is 18.1 Å². The number of halogens is 2. The van der Waals surface area contributed by atoms with E-state index in [4.69, 9.17) is 0 Å². The lowest BCUT2D eigenvalue weighted by Crippen LogP contribution is -2.27. The second-order valence-corrected chi connectivity index (χ2v) is 4.38. The molecule has 2 N–H and O–H groups in total. The van der Waals surface area contributed by atoms with Gasteiger partial charge in [-0.3, -0.25) is 14.7 Å². The largest absolute Gasteiger partial charge is 0.310 e. The Morgan fingerprint density at radius 3 is 2.38 bits per heavy atom. The lowest BCUT2D eigenvalue weighted by Gasteiger charge is -2.02. The molecule has 0 saturated carbocycles. The van der Waals surface area contributed by atoms with E-state index >= 15 is 0 Å². The smallest absolute Gasteiger partial charge is 0.302 e. The molecule has 0 spiro atoms. The van der Waals surface area contributed by atoms with Gasteiger partial charge in [0.2, 0.25) is 5.43 Å². The third-order valence-electron chi connectivity index (χ3n) is 2.83. The zero-order valence-corrected chi connectivity index (χ0v) is 11.0. The van der Waals surface area contributed by atoms with E-state index in [2.05, 4.69) is 16.1 Å².